The predicted octanol–water partition coefficient (Wildman–Crippen LogP) is 3.07. The van der Waals surface area contributed by atoms with Gasteiger partial charge in [0.05, 0.1) is 13.1 Å². The minimum atomic E-state index is 0.688. The Bertz CT molecular complexity index is 386. The average molecular weight is 250 g/mol. The number of nitrogens with one attached hydrogen (secondary N) is 1. The summed E-state index contributed by atoms with van der Waals surface area (Å²) in [5.41, 5.74) is 1.26. The van der Waals surface area contributed by atoms with Crippen molar-refractivity contribution in [3.63, 3.8) is 0 Å². The average Bonchev–Trinajstić information content (AvgIpc) is 2.86. The lowest BCUT2D eigenvalue weighted by atomic mass is 10.1. The second kappa shape index (κ2) is 5.89. The lowest BCUT2D eigenvalue weighted by Crippen LogP contribution is -2.33. The molecule has 1 saturated heterocycles. The molecule has 0 saturated carbocycles. The molecule has 2 heterocycles. The molecule has 0 aliphatic carbocycles. The van der Waals surface area contributed by atoms with Crippen LogP contribution >= 0.6 is 0 Å². The molecule has 0 bridgehead atoms. The fraction of sp³-hybridized carbons (Fsp3) is 0.733. The first-order chi connectivity index (χ1) is 8.65. The monoisotopic (exact) mass is 250 g/mol. The molecule has 18 heavy (non-hydrogen) atoms. The summed E-state index contributed by atoms with van der Waals surface area (Å²) in [6.45, 7) is 8.53. The summed E-state index contributed by atoms with van der Waals surface area (Å²) in [6.07, 6.45) is 3.90. The summed E-state index contributed by atoms with van der Waals surface area (Å²) in [7, 11) is 1.96. The second-order valence-corrected chi connectivity index (χ2v) is 5.51. The minimum Gasteiger partial charge on any atom is -0.463 e. The van der Waals surface area contributed by atoms with Crippen LogP contribution in [0.25, 0.3) is 0 Å². The van der Waals surface area contributed by atoms with Gasteiger partial charge in [0.1, 0.15) is 11.5 Å². The summed E-state index contributed by atoms with van der Waals surface area (Å²) < 4.78 is 5.95. The summed E-state index contributed by atoms with van der Waals surface area (Å²) in [4.78, 5) is 2.60. The summed E-state index contributed by atoms with van der Waals surface area (Å²) in [5.74, 6) is 2.19. The maximum Gasteiger partial charge on any atom is 0.120 e. The molecule has 1 aromatic heterocycles. The van der Waals surface area contributed by atoms with Crippen LogP contribution in [-0.4, -0.2) is 24.0 Å². The van der Waals surface area contributed by atoms with Gasteiger partial charge in [-0.15, -0.1) is 0 Å². The Morgan fingerprint density at radius 1 is 1.44 bits per heavy atom. The molecule has 1 aromatic rings. The Balaban J connectivity index is 2.06. The van der Waals surface area contributed by atoms with E-state index in [9.17, 15) is 0 Å². The van der Waals surface area contributed by atoms with E-state index in [0.29, 0.717) is 6.04 Å². The maximum atomic E-state index is 5.95. The van der Waals surface area contributed by atoms with Gasteiger partial charge in [-0.2, -0.15) is 0 Å². The highest BCUT2D eigenvalue weighted by Gasteiger charge is 2.29. The van der Waals surface area contributed by atoms with Gasteiger partial charge in [-0.1, -0.05) is 6.92 Å². The SMILES string of the molecule is CCC1CCC(C)N1Cc1cc(C)c(CNC)o1. The van der Waals surface area contributed by atoms with Gasteiger partial charge in [-0.3, -0.25) is 4.90 Å². The van der Waals surface area contributed by atoms with Crippen LogP contribution in [0.2, 0.25) is 0 Å². The van der Waals surface area contributed by atoms with E-state index >= 15 is 0 Å². The van der Waals surface area contributed by atoms with E-state index in [1.165, 1.54) is 24.8 Å². The highest BCUT2D eigenvalue weighted by atomic mass is 16.3. The van der Waals surface area contributed by atoms with Crippen molar-refractivity contribution in [1.29, 1.82) is 0 Å². The molecule has 2 atom stereocenters. The Morgan fingerprint density at radius 3 is 2.89 bits per heavy atom. The zero-order chi connectivity index (χ0) is 13.1. The number of hydrogen-bond donors (Lipinski definition) is 1. The number of likely N-dealkylation sites (tertiary alicyclic amines) is 1. The molecule has 1 fully saturated rings. The van der Waals surface area contributed by atoms with E-state index in [2.05, 4.69) is 37.1 Å². The van der Waals surface area contributed by atoms with Crippen molar-refractivity contribution in [2.45, 2.75) is 65.2 Å². The molecule has 0 aromatic carbocycles. The predicted molar refractivity (Wildman–Crippen MR) is 74.5 cm³/mol. The van der Waals surface area contributed by atoms with Crippen LogP contribution in [0.1, 0.15) is 50.2 Å². The Labute approximate surface area is 111 Å². The molecular formula is C15H26N2O. The molecular weight excluding hydrogens is 224 g/mol. The highest BCUT2D eigenvalue weighted by molar-refractivity contribution is 5.20. The van der Waals surface area contributed by atoms with Crippen LogP contribution in [0, 0.1) is 6.92 Å². The molecule has 3 nitrogen and oxygen atoms in total. The van der Waals surface area contributed by atoms with E-state index < -0.39 is 0 Å². The zero-order valence-electron chi connectivity index (χ0n) is 12.1. The Kier molecular flexibility index (Phi) is 4.46. The minimum absolute atomic E-state index is 0.688. The third kappa shape index (κ3) is 2.78. The molecule has 1 aliphatic rings. The van der Waals surface area contributed by atoms with Crippen molar-refractivity contribution >= 4 is 0 Å². The van der Waals surface area contributed by atoms with Crippen LogP contribution in [0.15, 0.2) is 10.5 Å². The molecule has 2 unspecified atom stereocenters. The molecule has 1 aliphatic heterocycles. The third-order valence-electron chi connectivity index (χ3n) is 4.17. The highest BCUT2D eigenvalue weighted by Crippen LogP contribution is 2.28. The molecule has 0 radical (unpaired) electrons. The number of rotatable bonds is 5. The number of furan rings is 1. The van der Waals surface area contributed by atoms with Crippen LogP contribution in [0.4, 0.5) is 0 Å². The fourth-order valence-electron chi connectivity index (χ4n) is 3.03. The van der Waals surface area contributed by atoms with Gasteiger partial charge in [0.15, 0.2) is 0 Å². The molecule has 0 spiro atoms. The van der Waals surface area contributed by atoms with Gasteiger partial charge < -0.3 is 9.73 Å². The summed E-state index contributed by atoms with van der Waals surface area (Å²) in [6, 6.07) is 3.62. The maximum absolute atomic E-state index is 5.95. The van der Waals surface area contributed by atoms with E-state index in [1.54, 1.807) is 0 Å². The van der Waals surface area contributed by atoms with Gasteiger partial charge >= 0.3 is 0 Å². The quantitative estimate of drug-likeness (QED) is 0.870. The van der Waals surface area contributed by atoms with Gasteiger partial charge in [0.2, 0.25) is 0 Å². The standard InChI is InChI=1S/C15H26N2O/c1-5-13-7-6-12(3)17(13)10-14-8-11(2)15(18-14)9-16-4/h8,12-13,16H,5-7,9-10H2,1-4H3. The van der Waals surface area contributed by atoms with E-state index in [-0.39, 0.29) is 0 Å². The third-order valence-corrected chi connectivity index (χ3v) is 4.17. The summed E-state index contributed by atoms with van der Waals surface area (Å²) in [5, 5.41) is 3.15. The van der Waals surface area contributed by atoms with E-state index in [1.807, 2.05) is 7.05 Å². The molecule has 3 heteroatoms. The first kappa shape index (κ1) is 13.6. The Morgan fingerprint density at radius 2 is 2.22 bits per heavy atom. The molecule has 0 amide bonds. The second-order valence-electron chi connectivity index (χ2n) is 5.51. The Hall–Kier alpha value is -0.800. The van der Waals surface area contributed by atoms with Gasteiger partial charge in [0, 0.05) is 12.1 Å². The largest absolute Gasteiger partial charge is 0.463 e. The smallest absolute Gasteiger partial charge is 0.120 e. The van der Waals surface area contributed by atoms with Gasteiger partial charge in [0.25, 0.3) is 0 Å². The summed E-state index contributed by atoms with van der Waals surface area (Å²) >= 11 is 0. The lowest BCUT2D eigenvalue weighted by molar-refractivity contribution is 0.174. The van der Waals surface area contributed by atoms with Crippen LogP contribution < -0.4 is 5.32 Å². The van der Waals surface area contributed by atoms with Crippen LogP contribution in [-0.2, 0) is 13.1 Å². The fourth-order valence-corrected chi connectivity index (χ4v) is 3.03. The first-order valence-corrected chi connectivity index (χ1v) is 7.14. The molecule has 102 valence electrons. The van der Waals surface area contributed by atoms with Gasteiger partial charge in [-0.25, -0.2) is 0 Å². The van der Waals surface area contributed by atoms with Gasteiger partial charge in [-0.05, 0) is 51.8 Å². The van der Waals surface area contributed by atoms with Crippen molar-refractivity contribution in [3.05, 3.63) is 23.2 Å². The normalized spacial score (nSPS) is 24.9. The van der Waals surface area contributed by atoms with E-state index in [0.717, 1.165) is 30.7 Å². The number of hydrogen-bond acceptors (Lipinski definition) is 3. The van der Waals surface area contributed by atoms with Crippen LogP contribution in [0.5, 0.6) is 0 Å². The number of nitrogens with zero attached hydrogens (tertiary/aromatic N) is 1. The number of aryl methyl sites for hydroxylation is 1. The van der Waals surface area contributed by atoms with Crippen molar-refractivity contribution < 1.29 is 4.42 Å². The van der Waals surface area contributed by atoms with Crippen molar-refractivity contribution in [1.82, 2.24) is 10.2 Å². The topological polar surface area (TPSA) is 28.4 Å². The lowest BCUT2D eigenvalue weighted by Gasteiger charge is -2.26. The van der Waals surface area contributed by atoms with Crippen molar-refractivity contribution in [2.75, 3.05) is 7.05 Å². The van der Waals surface area contributed by atoms with Crippen molar-refractivity contribution in [3.8, 4) is 0 Å². The van der Waals surface area contributed by atoms with E-state index in [4.69, 9.17) is 4.42 Å². The van der Waals surface area contributed by atoms with Crippen LogP contribution in [0.3, 0.4) is 0 Å². The van der Waals surface area contributed by atoms with Crippen molar-refractivity contribution in [2.24, 2.45) is 0 Å². The zero-order valence-corrected chi connectivity index (χ0v) is 12.1. The molecule has 1 N–H and O–H groups in total. The first-order valence-electron chi connectivity index (χ1n) is 7.14. The molecule has 2 rings (SSSR count).